The number of unbranched alkanes of at least 4 members (excludes halogenated alkanes) is 24. The molecular formula is C81H176O3. The Morgan fingerprint density at radius 1 is 0.298 bits per heavy atom. The fraction of sp³-hybridized carbons (Fsp3) is 0.802. The first-order valence-corrected chi connectivity index (χ1v) is 36.0. The zero-order chi connectivity index (χ0) is 69.3. The molecule has 0 heterocycles. The minimum Gasteiger partial charge on any atom is -0.393 e. The minimum atomic E-state index is -0.116. The highest BCUT2D eigenvalue weighted by molar-refractivity contribution is 5.75. The quantitative estimate of drug-likeness (QED) is 0.0526. The summed E-state index contributed by atoms with van der Waals surface area (Å²) in [6.07, 6.45) is 61.9. The summed E-state index contributed by atoms with van der Waals surface area (Å²) in [7, 11) is 0. The molecule has 84 heavy (non-hydrogen) atoms. The molecule has 0 aliphatic heterocycles. The SMILES string of the molecule is C=CC.C=CC.C=CC.C=CCCC.C=CCCCCC.C=CCCCCC.C=CCCCCCC(C)=O.CCC.CCC.CCC.CCC.CCC(C)O.CCCC.CCCCCCC.CCCCCCCC.CCCCCCCC(C)=O. The zero-order valence-corrected chi connectivity index (χ0v) is 64.4. The number of carbonyl (C=O) groups is 2. The number of rotatable bonds is 33. The van der Waals surface area contributed by atoms with E-state index in [1.807, 2.05) is 52.0 Å². The monoisotopic (exact) mass is 1200 g/mol. The fourth-order valence-corrected chi connectivity index (χ4v) is 4.63. The third kappa shape index (κ3) is 437. The molecule has 0 radical (unpaired) electrons. The Balaban J connectivity index is -0.0000000428. The summed E-state index contributed by atoms with van der Waals surface area (Å²) in [6.45, 7) is 76.4. The van der Waals surface area contributed by atoms with Crippen molar-refractivity contribution in [1.29, 1.82) is 0 Å². The second-order valence-corrected chi connectivity index (χ2v) is 20.9. The first-order chi connectivity index (χ1) is 40.2. The predicted molar refractivity (Wildman–Crippen MR) is 409 cm³/mol. The van der Waals surface area contributed by atoms with Crippen LogP contribution in [-0.2, 0) is 9.59 Å². The van der Waals surface area contributed by atoms with Gasteiger partial charge in [-0.3, -0.25) is 0 Å². The smallest absolute Gasteiger partial charge is 0.129 e. The van der Waals surface area contributed by atoms with Gasteiger partial charge in [0.15, 0.2) is 0 Å². The van der Waals surface area contributed by atoms with Gasteiger partial charge in [-0.1, -0.05) is 347 Å². The second-order valence-electron chi connectivity index (χ2n) is 20.9. The molecule has 518 valence electrons. The van der Waals surface area contributed by atoms with E-state index in [9.17, 15) is 9.59 Å². The molecular weight excluding hydrogens is 1020 g/mol. The van der Waals surface area contributed by atoms with Gasteiger partial charge in [0.25, 0.3) is 0 Å². The fourth-order valence-electron chi connectivity index (χ4n) is 4.63. The molecule has 0 aromatic rings. The predicted octanol–water partition coefficient (Wildman–Crippen LogP) is 31.3. The third-order valence-corrected chi connectivity index (χ3v) is 9.34. The van der Waals surface area contributed by atoms with Crippen molar-refractivity contribution in [2.24, 2.45) is 0 Å². The first kappa shape index (κ1) is 123. The molecule has 0 aromatic heterocycles. The first-order valence-electron chi connectivity index (χ1n) is 36.0. The average Bonchev–Trinajstić information content (AvgIpc) is 3.45. The molecule has 1 unspecified atom stereocenters. The van der Waals surface area contributed by atoms with Crippen molar-refractivity contribution in [3.8, 4) is 0 Å². The van der Waals surface area contributed by atoms with Crippen molar-refractivity contribution in [1.82, 2.24) is 0 Å². The molecule has 0 saturated heterocycles. The Kier molecular flexibility index (Phi) is 270. The van der Waals surface area contributed by atoms with Crippen LogP contribution in [0, 0.1) is 0 Å². The van der Waals surface area contributed by atoms with Crippen molar-refractivity contribution in [3.63, 3.8) is 0 Å². The molecule has 1 N–H and O–H groups in total. The molecule has 3 heteroatoms. The molecule has 0 aliphatic rings. The van der Waals surface area contributed by atoms with Gasteiger partial charge in [0.2, 0.25) is 0 Å². The van der Waals surface area contributed by atoms with Gasteiger partial charge in [-0.05, 0) is 106 Å². The Bertz CT molecular complexity index is 881. The van der Waals surface area contributed by atoms with E-state index in [-0.39, 0.29) is 6.10 Å². The average molecular weight is 1200 g/mol. The normalized spacial score (nSPS) is 8.45. The number of carbonyl (C=O) groups excluding carboxylic acids is 2. The van der Waals surface area contributed by atoms with E-state index in [1.165, 1.54) is 199 Å². The van der Waals surface area contributed by atoms with Crippen molar-refractivity contribution in [2.75, 3.05) is 0 Å². The van der Waals surface area contributed by atoms with Crippen LogP contribution in [0.1, 0.15) is 424 Å². The van der Waals surface area contributed by atoms with Crippen LogP contribution >= 0.6 is 0 Å². The van der Waals surface area contributed by atoms with Crippen LogP contribution in [0.25, 0.3) is 0 Å². The zero-order valence-electron chi connectivity index (χ0n) is 64.4. The molecule has 0 fully saturated rings. The van der Waals surface area contributed by atoms with Crippen molar-refractivity contribution < 1.29 is 14.7 Å². The van der Waals surface area contributed by atoms with E-state index in [4.69, 9.17) is 5.11 Å². The molecule has 0 saturated carbocycles. The Labute approximate surface area is 541 Å². The van der Waals surface area contributed by atoms with Crippen LogP contribution in [0.2, 0.25) is 0 Å². The van der Waals surface area contributed by atoms with Crippen molar-refractivity contribution in [2.45, 2.75) is 430 Å². The van der Waals surface area contributed by atoms with Crippen molar-refractivity contribution >= 4 is 11.6 Å². The van der Waals surface area contributed by atoms with Gasteiger partial charge in [-0.25, -0.2) is 0 Å². The molecule has 3 nitrogen and oxygen atoms in total. The van der Waals surface area contributed by atoms with Crippen LogP contribution in [0.15, 0.2) is 88.6 Å². The summed E-state index contributed by atoms with van der Waals surface area (Å²) in [6, 6.07) is 0. The lowest BCUT2D eigenvalue weighted by atomic mass is 10.1. The maximum absolute atomic E-state index is 10.5. The number of hydrogen-bond acceptors (Lipinski definition) is 3. The third-order valence-electron chi connectivity index (χ3n) is 9.34. The number of ketones is 2. The van der Waals surface area contributed by atoms with E-state index >= 15 is 0 Å². The highest BCUT2D eigenvalue weighted by atomic mass is 16.3. The van der Waals surface area contributed by atoms with Crippen molar-refractivity contribution in [3.05, 3.63) is 88.6 Å². The summed E-state index contributed by atoms with van der Waals surface area (Å²) in [5.74, 6) is 0.634. The summed E-state index contributed by atoms with van der Waals surface area (Å²) in [4.78, 5) is 20.9. The molecule has 1 atom stereocenters. The molecule has 0 aromatic carbocycles. The maximum Gasteiger partial charge on any atom is 0.129 e. The number of hydrogen-bond donors (Lipinski definition) is 1. The number of aliphatic hydroxyl groups excluding tert-OH is 1. The number of Topliss-reactive ketones (excluding diaryl/α,β-unsaturated/α-hetero) is 2. The van der Waals surface area contributed by atoms with Gasteiger partial charge in [-0.15, -0.1) is 46.1 Å². The summed E-state index contributed by atoms with van der Waals surface area (Å²) in [5.41, 5.74) is 0. The van der Waals surface area contributed by atoms with Crippen LogP contribution in [0.3, 0.4) is 0 Å². The highest BCUT2D eigenvalue weighted by Gasteiger charge is 1.93. The summed E-state index contributed by atoms with van der Waals surface area (Å²) < 4.78 is 0. The van der Waals surface area contributed by atoms with Gasteiger partial charge in [0, 0.05) is 12.8 Å². The Hall–Kier alpha value is -2.52. The summed E-state index contributed by atoms with van der Waals surface area (Å²) >= 11 is 0. The largest absolute Gasteiger partial charge is 0.393 e. The van der Waals surface area contributed by atoms with Gasteiger partial charge in [0.1, 0.15) is 11.6 Å². The van der Waals surface area contributed by atoms with E-state index in [2.05, 4.69) is 171 Å². The second kappa shape index (κ2) is 185. The Morgan fingerprint density at radius 3 is 0.583 bits per heavy atom. The van der Waals surface area contributed by atoms with E-state index in [0.717, 1.165) is 51.4 Å². The van der Waals surface area contributed by atoms with E-state index < -0.39 is 0 Å². The Morgan fingerprint density at radius 2 is 0.452 bits per heavy atom. The van der Waals surface area contributed by atoms with Gasteiger partial charge in [-0.2, -0.15) is 0 Å². The van der Waals surface area contributed by atoms with Crippen LogP contribution in [0.4, 0.5) is 0 Å². The summed E-state index contributed by atoms with van der Waals surface area (Å²) in [5, 5.41) is 8.36. The van der Waals surface area contributed by atoms with Crippen LogP contribution in [0.5, 0.6) is 0 Å². The lowest BCUT2D eigenvalue weighted by molar-refractivity contribution is -0.117. The molecule has 0 spiro atoms. The number of aliphatic hydroxyl groups is 1. The molecule has 0 rings (SSSR count). The maximum atomic E-state index is 10.5. The highest BCUT2D eigenvalue weighted by Crippen LogP contribution is 2.06. The lowest BCUT2D eigenvalue weighted by Gasteiger charge is -1.95. The van der Waals surface area contributed by atoms with E-state index in [0.29, 0.717) is 11.6 Å². The molecule has 0 amide bonds. The topological polar surface area (TPSA) is 54.4 Å². The molecule has 0 aliphatic carbocycles. The van der Waals surface area contributed by atoms with Crippen LogP contribution < -0.4 is 0 Å². The lowest BCUT2D eigenvalue weighted by Crippen LogP contribution is -1.93. The van der Waals surface area contributed by atoms with E-state index in [1.54, 1.807) is 39.0 Å². The standard InChI is InChI=1S/C9H18O.C9H16O.C8H18.C7H16.2C7H14.C5H10.C4H10O.C4H10.4C3H8.3C3H6/c2*1-3-4-5-6-7-8-9(2)10;1-3-5-7-8-6-4-2;3*1-3-5-7-6-4-2;1-3-5-4-2;1-3-4(2)5;1-3-4-2;7*1-3-2/h3-8H2,1-2H3;3H,1,4-8H2,2H3;3-8H2,1-2H3;3-7H2,1-2H3;2*3H,1,4-7H2,2H3;3H,1,4-5H2,2H3;4-5H,3H2,1-2H3;3-4H2,1-2H3;4*3H2,1-2H3;3*3H,1H2,2H3. The molecule has 0 bridgehead atoms. The number of allylic oxidation sites excluding steroid dienone is 7. The van der Waals surface area contributed by atoms with Gasteiger partial charge in [0.05, 0.1) is 6.10 Å². The van der Waals surface area contributed by atoms with Gasteiger partial charge < -0.3 is 14.7 Å². The van der Waals surface area contributed by atoms with Gasteiger partial charge >= 0.3 is 0 Å². The van der Waals surface area contributed by atoms with Crippen LogP contribution in [-0.4, -0.2) is 22.8 Å². The minimum absolute atomic E-state index is 0.116.